The summed E-state index contributed by atoms with van der Waals surface area (Å²) in [5.74, 6) is 1.92. The number of alkyl carbamates (subject to hydrolysis) is 1. The Morgan fingerprint density at radius 3 is 2.52 bits per heavy atom. The molecule has 0 aromatic heterocycles. The van der Waals surface area contributed by atoms with Gasteiger partial charge >= 0.3 is 6.09 Å². The summed E-state index contributed by atoms with van der Waals surface area (Å²) in [6.45, 7) is 3.95. The van der Waals surface area contributed by atoms with E-state index >= 15 is 0 Å². The molecule has 0 radical (unpaired) electrons. The van der Waals surface area contributed by atoms with E-state index in [4.69, 9.17) is 11.2 Å². The van der Waals surface area contributed by atoms with Gasteiger partial charge in [0.05, 0.1) is 6.54 Å². The minimum absolute atomic E-state index is 0.0768. The van der Waals surface area contributed by atoms with Gasteiger partial charge in [0.15, 0.2) is 0 Å². The summed E-state index contributed by atoms with van der Waals surface area (Å²) >= 11 is 0. The van der Waals surface area contributed by atoms with Crippen molar-refractivity contribution < 1.29 is 14.3 Å². The number of terminal acetylenes is 1. The van der Waals surface area contributed by atoms with Crippen molar-refractivity contribution in [2.24, 2.45) is 5.92 Å². The molecule has 2 amide bonds. The fraction of sp³-hybridized carbons (Fsp3) is 0.375. The second-order valence-corrected chi connectivity index (χ2v) is 4.85. The molecule has 1 rings (SSSR count). The number of amides is 2. The number of ether oxygens (including phenoxy) is 1. The van der Waals surface area contributed by atoms with Crippen molar-refractivity contribution in [3.8, 4) is 12.3 Å². The Kier molecular flexibility index (Phi) is 6.82. The highest BCUT2D eigenvalue weighted by atomic mass is 16.5. The molecule has 0 fully saturated rings. The van der Waals surface area contributed by atoms with Gasteiger partial charge in [0, 0.05) is 0 Å². The van der Waals surface area contributed by atoms with Crippen molar-refractivity contribution in [3.63, 3.8) is 0 Å². The number of benzene rings is 1. The van der Waals surface area contributed by atoms with Crippen LogP contribution in [0.5, 0.6) is 0 Å². The lowest BCUT2D eigenvalue weighted by Crippen LogP contribution is -2.49. The molecular formula is C16H20N2O3. The Morgan fingerprint density at radius 2 is 1.95 bits per heavy atom. The summed E-state index contributed by atoms with van der Waals surface area (Å²) in [5.41, 5.74) is 0.880. The van der Waals surface area contributed by atoms with Crippen molar-refractivity contribution in [2.45, 2.75) is 26.5 Å². The lowest BCUT2D eigenvalue weighted by molar-refractivity contribution is -0.123. The van der Waals surface area contributed by atoms with Crippen LogP contribution < -0.4 is 10.6 Å². The van der Waals surface area contributed by atoms with Crippen LogP contribution in [0.2, 0.25) is 0 Å². The van der Waals surface area contributed by atoms with Crippen LogP contribution in [0, 0.1) is 18.3 Å². The van der Waals surface area contributed by atoms with E-state index in [0.29, 0.717) is 0 Å². The number of carbonyl (C=O) groups excluding carboxylic acids is 2. The van der Waals surface area contributed by atoms with Crippen molar-refractivity contribution in [3.05, 3.63) is 35.9 Å². The summed E-state index contributed by atoms with van der Waals surface area (Å²) < 4.78 is 5.09. The highest BCUT2D eigenvalue weighted by molar-refractivity contribution is 5.86. The van der Waals surface area contributed by atoms with Gasteiger partial charge in [-0.15, -0.1) is 6.42 Å². The number of rotatable bonds is 6. The van der Waals surface area contributed by atoms with Crippen LogP contribution >= 0.6 is 0 Å². The SMILES string of the molecule is C#CCNC(=O)C(NC(=O)OCc1ccccc1)C(C)C. The normalized spacial score (nSPS) is 11.3. The van der Waals surface area contributed by atoms with E-state index in [2.05, 4.69) is 16.6 Å². The van der Waals surface area contributed by atoms with E-state index in [0.717, 1.165) is 5.56 Å². The summed E-state index contributed by atoms with van der Waals surface area (Å²) in [7, 11) is 0. The molecule has 5 heteroatoms. The quantitative estimate of drug-likeness (QED) is 0.783. The second-order valence-electron chi connectivity index (χ2n) is 4.85. The summed E-state index contributed by atoms with van der Waals surface area (Å²) in [6, 6.07) is 8.64. The monoisotopic (exact) mass is 288 g/mol. The van der Waals surface area contributed by atoms with Crippen LogP contribution in [0.25, 0.3) is 0 Å². The highest BCUT2D eigenvalue weighted by Gasteiger charge is 2.24. The number of hydrogen-bond acceptors (Lipinski definition) is 3. The summed E-state index contributed by atoms with van der Waals surface area (Å²) in [5, 5.41) is 5.10. The standard InChI is InChI=1S/C16H20N2O3/c1-4-10-17-15(19)14(12(2)3)18-16(20)21-11-13-8-6-5-7-9-13/h1,5-9,12,14H,10-11H2,2-3H3,(H,17,19)(H,18,20). The predicted octanol–water partition coefficient (Wildman–Crippen LogP) is 1.69. The van der Waals surface area contributed by atoms with E-state index in [1.807, 2.05) is 44.2 Å². The molecule has 2 N–H and O–H groups in total. The van der Waals surface area contributed by atoms with Gasteiger partial charge in [-0.1, -0.05) is 50.1 Å². The van der Waals surface area contributed by atoms with Crippen LogP contribution in [-0.4, -0.2) is 24.6 Å². The molecule has 112 valence electrons. The van der Waals surface area contributed by atoms with Crippen LogP contribution in [0.4, 0.5) is 4.79 Å². The van der Waals surface area contributed by atoms with Crippen molar-refractivity contribution >= 4 is 12.0 Å². The minimum atomic E-state index is -0.679. The molecule has 0 saturated carbocycles. The first-order chi connectivity index (χ1) is 10.0. The molecule has 0 aliphatic carbocycles. The van der Waals surface area contributed by atoms with Crippen LogP contribution in [0.1, 0.15) is 19.4 Å². The molecule has 1 aromatic carbocycles. The zero-order chi connectivity index (χ0) is 15.7. The molecule has 1 atom stereocenters. The zero-order valence-electron chi connectivity index (χ0n) is 12.3. The molecule has 0 aliphatic heterocycles. The van der Waals surface area contributed by atoms with Gasteiger partial charge in [0.2, 0.25) is 5.91 Å². The van der Waals surface area contributed by atoms with Gasteiger partial charge in [-0.2, -0.15) is 0 Å². The maximum atomic E-state index is 11.9. The lowest BCUT2D eigenvalue weighted by Gasteiger charge is -2.20. The third kappa shape index (κ3) is 6.00. The number of hydrogen-bond donors (Lipinski definition) is 2. The van der Waals surface area contributed by atoms with E-state index in [1.54, 1.807) is 0 Å². The van der Waals surface area contributed by atoms with Gasteiger partial charge in [0.25, 0.3) is 0 Å². The Bertz CT molecular complexity index is 506. The number of nitrogens with one attached hydrogen (secondary N) is 2. The molecule has 0 bridgehead atoms. The lowest BCUT2D eigenvalue weighted by atomic mass is 10.0. The maximum Gasteiger partial charge on any atom is 0.408 e. The average Bonchev–Trinajstić information content (AvgIpc) is 2.49. The fourth-order valence-electron chi connectivity index (χ4n) is 1.67. The van der Waals surface area contributed by atoms with Crippen LogP contribution in [0.3, 0.4) is 0 Å². The van der Waals surface area contributed by atoms with Crippen molar-refractivity contribution in [2.75, 3.05) is 6.54 Å². The Balaban J connectivity index is 2.49. The van der Waals surface area contributed by atoms with Crippen LogP contribution in [0.15, 0.2) is 30.3 Å². The van der Waals surface area contributed by atoms with E-state index in [1.165, 1.54) is 0 Å². The molecule has 0 saturated heterocycles. The van der Waals surface area contributed by atoms with Gasteiger partial charge in [-0.25, -0.2) is 4.79 Å². The van der Waals surface area contributed by atoms with E-state index in [-0.39, 0.29) is 25.0 Å². The first kappa shape index (κ1) is 16.6. The largest absolute Gasteiger partial charge is 0.445 e. The molecule has 0 aliphatic rings. The Morgan fingerprint density at radius 1 is 1.29 bits per heavy atom. The molecule has 0 heterocycles. The summed E-state index contributed by atoms with van der Waals surface area (Å²) in [6.07, 6.45) is 4.46. The Labute approximate surface area is 125 Å². The summed E-state index contributed by atoms with van der Waals surface area (Å²) in [4.78, 5) is 23.6. The molecule has 1 aromatic rings. The van der Waals surface area contributed by atoms with Gasteiger partial charge in [0.1, 0.15) is 12.6 Å². The number of carbonyl (C=O) groups is 2. The molecule has 21 heavy (non-hydrogen) atoms. The maximum absolute atomic E-state index is 11.9. The minimum Gasteiger partial charge on any atom is -0.445 e. The van der Waals surface area contributed by atoms with E-state index < -0.39 is 12.1 Å². The van der Waals surface area contributed by atoms with E-state index in [9.17, 15) is 9.59 Å². The zero-order valence-corrected chi connectivity index (χ0v) is 12.3. The average molecular weight is 288 g/mol. The molecule has 1 unspecified atom stereocenters. The van der Waals surface area contributed by atoms with Crippen LogP contribution in [-0.2, 0) is 16.1 Å². The molecule has 5 nitrogen and oxygen atoms in total. The first-order valence-corrected chi connectivity index (χ1v) is 6.73. The third-order valence-electron chi connectivity index (χ3n) is 2.80. The van der Waals surface area contributed by atoms with Gasteiger partial charge in [-0.05, 0) is 11.5 Å². The predicted molar refractivity (Wildman–Crippen MR) is 80.2 cm³/mol. The molecule has 0 spiro atoms. The fourth-order valence-corrected chi connectivity index (χ4v) is 1.67. The molecular weight excluding hydrogens is 268 g/mol. The third-order valence-corrected chi connectivity index (χ3v) is 2.80. The van der Waals surface area contributed by atoms with Crippen molar-refractivity contribution in [1.29, 1.82) is 0 Å². The van der Waals surface area contributed by atoms with Gasteiger partial charge < -0.3 is 15.4 Å². The highest BCUT2D eigenvalue weighted by Crippen LogP contribution is 2.04. The smallest absolute Gasteiger partial charge is 0.408 e. The Hall–Kier alpha value is -2.48. The van der Waals surface area contributed by atoms with Gasteiger partial charge in [-0.3, -0.25) is 4.79 Å². The first-order valence-electron chi connectivity index (χ1n) is 6.73. The van der Waals surface area contributed by atoms with Crippen molar-refractivity contribution in [1.82, 2.24) is 10.6 Å². The second kappa shape index (κ2) is 8.64. The topological polar surface area (TPSA) is 67.4 Å².